The molecular weight excluding hydrogens is 152 g/mol. The fourth-order valence-electron chi connectivity index (χ4n) is 0.524. The van der Waals surface area contributed by atoms with Gasteiger partial charge in [0.05, 0.1) is 0 Å². The molecule has 0 aromatic heterocycles. The van der Waals surface area contributed by atoms with Gasteiger partial charge >= 0.3 is 0 Å². The van der Waals surface area contributed by atoms with E-state index >= 15 is 0 Å². The molecule has 1 nitrogen and oxygen atoms in total. The van der Waals surface area contributed by atoms with Crippen molar-refractivity contribution in [2.45, 2.75) is 0 Å². The summed E-state index contributed by atoms with van der Waals surface area (Å²) in [5, 5.41) is 1.62. The maximum absolute atomic E-state index is 8.61. The molecule has 3 heteroatoms. The Morgan fingerprint density at radius 1 is 1.22 bits per heavy atom. The van der Waals surface area contributed by atoms with Crippen LogP contribution in [0.2, 0.25) is 5.02 Å². The van der Waals surface area contributed by atoms with Gasteiger partial charge in [0.2, 0.25) is 0 Å². The number of rotatable bonds is 1. The number of halogens is 1. The number of benzene rings is 1. The SMILES string of the molecule is O[Si]c1ccc(Cl)cc1. The van der Waals surface area contributed by atoms with Gasteiger partial charge in [-0.3, -0.25) is 0 Å². The van der Waals surface area contributed by atoms with Crippen LogP contribution in [0.5, 0.6) is 0 Å². The Morgan fingerprint density at radius 2 is 1.78 bits per heavy atom. The van der Waals surface area contributed by atoms with Crippen LogP contribution < -0.4 is 5.19 Å². The zero-order chi connectivity index (χ0) is 6.69. The molecule has 1 aromatic rings. The van der Waals surface area contributed by atoms with Crippen molar-refractivity contribution < 1.29 is 4.80 Å². The first kappa shape index (κ1) is 6.80. The van der Waals surface area contributed by atoms with Gasteiger partial charge < -0.3 is 4.80 Å². The van der Waals surface area contributed by atoms with Crippen molar-refractivity contribution in [3.8, 4) is 0 Å². The van der Waals surface area contributed by atoms with Crippen molar-refractivity contribution >= 4 is 26.6 Å². The van der Waals surface area contributed by atoms with Gasteiger partial charge in [0.15, 0.2) is 0 Å². The van der Waals surface area contributed by atoms with Gasteiger partial charge in [-0.05, 0) is 17.3 Å². The number of hydrogen-bond donors (Lipinski definition) is 1. The van der Waals surface area contributed by atoms with Gasteiger partial charge in [0, 0.05) is 5.02 Å². The van der Waals surface area contributed by atoms with Crippen molar-refractivity contribution in [3.63, 3.8) is 0 Å². The summed E-state index contributed by atoms with van der Waals surface area (Å²) in [6.45, 7) is 0. The third-order valence-electron chi connectivity index (χ3n) is 0.973. The Labute approximate surface area is 61.2 Å². The van der Waals surface area contributed by atoms with E-state index in [0.717, 1.165) is 5.19 Å². The van der Waals surface area contributed by atoms with Crippen molar-refractivity contribution in [3.05, 3.63) is 29.3 Å². The van der Waals surface area contributed by atoms with Gasteiger partial charge in [0.1, 0.15) is 0 Å². The molecule has 0 saturated carbocycles. The molecule has 1 N–H and O–H groups in total. The predicted octanol–water partition coefficient (Wildman–Crippen LogP) is 0.577. The lowest BCUT2D eigenvalue weighted by atomic mass is 10.4. The van der Waals surface area contributed by atoms with Crippen molar-refractivity contribution in [2.24, 2.45) is 0 Å². The van der Waals surface area contributed by atoms with E-state index in [9.17, 15) is 0 Å². The third-order valence-corrected chi connectivity index (χ3v) is 1.82. The lowest BCUT2D eigenvalue weighted by Gasteiger charge is -1.90. The maximum atomic E-state index is 8.61. The second-order valence-corrected chi connectivity index (χ2v) is 2.86. The van der Waals surface area contributed by atoms with Crippen LogP contribution in [0.4, 0.5) is 0 Å². The van der Waals surface area contributed by atoms with E-state index in [2.05, 4.69) is 0 Å². The summed E-state index contributed by atoms with van der Waals surface area (Å²) in [6.07, 6.45) is 0. The molecule has 2 radical (unpaired) electrons. The maximum Gasteiger partial charge on any atom is 0.265 e. The largest absolute Gasteiger partial charge is 0.428 e. The van der Waals surface area contributed by atoms with Gasteiger partial charge in [-0.15, -0.1) is 0 Å². The molecule has 0 spiro atoms. The van der Waals surface area contributed by atoms with Crippen molar-refractivity contribution in [2.75, 3.05) is 0 Å². The molecule has 0 atom stereocenters. The summed E-state index contributed by atoms with van der Waals surface area (Å²) in [6, 6.07) is 7.14. The van der Waals surface area contributed by atoms with Crippen LogP contribution in [0.3, 0.4) is 0 Å². The fraction of sp³-hybridized carbons (Fsp3) is 0. The standard InChI is InChI=1S/C6H5ClOSi/c7-5-1-3-6(9-8)4-2-5/h1-4,8H. The Balaban J connectivity index is 2.88. The molecule has 0 bridgehead atoms. The van der Waals surface area contributed by atoms with Crippen LogP contribution >= 0.6 is 11.6 Å². The highest BCUT2D eigenvalue weighted by Gasteiger charge is 1.89. The third kappa shape index (κ3) is 1.82. The summed E-state index contributed by atoms with van der Waals surface area (Å²) >= 11 is 5.59. The first-order valence-electron chi connectivity index (χ1n) is 2.48. The normalized spacial score (nSPS) is 9.56. The summed E-state index contributed by atoms with van der Waals surface area (Å²) in [5.41, 5.74) is 0. The average Bonchev–Trinajstić information content (AvgIpc) is 1.90. The molecule has 0 aliphatic carbocycles. The molecule has 0 saturated heterocycles. The van der Waals surface area contributed by atoms with Crippen LogP contribution in [0.15, 0.2) is 24.3 Å². The zero-order valence-electron chi connectivity index (χ0n) is 4.63. The van der Waals surface area contributed by atoms with E-state index in [1.54, 1.807) is 24.3 Å². The first-order chi connectivity index (χ1) is 4.33. The second kappa shape index (κ2) is 3.01. The van der Waals surface area contributed by atoms with Crippen LogP contribution in [-0.2, 0) is 0 Å². The summed E-state index contributed by atoms with van der Waals surface area (Å²) < 4.78 is 0. The minimum atomic E-state index is -0.132. The fourth-order valence-corrected chi connectivity index (χ4v) is 0.966. The molecule has 0 fully saturated rings. The van der Waals surface area contributed by atoms with Gasteiger partial charge in [-0.25, -0.2) is 0 Å². The smallest absolute Gasteiger partial charge is 0.265 e. The summed E-state index contributed by atoms with van der Waals surface area (Å²) in [7, 11) is -0.132. The lowest BCUT2D eigenvalue weighted by Crippen LogP contribution is -2.11. The predicted molar refractivity (Wildman–Crippen MR) is 39.1 cm³/mol. The molecule has 0 heterocycles. The Morgan fingerprint density at radius 3 is 2.22 bits per heavy atom. The molecule has 0 unspecified atom stereocenters. The van der Waals surface area contributed by atoms with E-state index in [0.29, 0.717) is 5.02 Å². The van der Waals surface area contributed by atoms with Crippen LogP contribution in [0.1, 0.15) is 0 Å². The minimum absolute atomic E-state index is 0.132. The minimum Gasteiger partial charge on any atom is -0.428 e. The zero-order valence-corrected chi connectivity index (χ0v) is 6.39. The van der Waals surface area contributed by atoms with Crippen molar-refractivity contribution in [1.82, 2.24) is 0 Å². The highest BCUT2D eigenvalue weighted by molar-refractivity contribution is 6.45. The molecular formula is C6H5ClOSi. The van der Waals surface area contributed by atoms with Crippen molar-refractivity contribution in [1.29, 1.82) is 0 Å². The topological polar surface area (TPSA) is 20.2 Å². The summed E-state index contributed by atoms with van der Waals surface area (Å²) in [4.78, 5) is 8.61. The first-order valence-corrected chi connectivity index (χ1v) is 3.81. The molecule has 0 aliphatic heterocycles. The number of hydrogen-bond acceptors (Lipinski definition) is 1. The van der Waals surface area contributed by atoms with Crippen LogP contribution in [0.25, 0.3) is 0 Å². The van der Waals surface area contributed by atoms with Crippen LogP contribution in [-0.4, -0.2) is 14.6 Å². The molecule has 0 aliphatic rings. The monoisotopic (exact) mass is 156 g/mol. The Kier molecular flexibility index (Phi) is 2.27. The lowest BCUT2D eigenvalue weighted by molar-refractivity contribution is 0.615. The van der Waals surface area contributed by atoms with Gasteiger partial charge in [0.25, 0.3) is 9.76 Å². The quantitative estimate of drug-likeness (QED) is 0.590. The highest BCUT2D eigenvalue weighted by atomic mass is 35.5. The molecule has 9 heavy (non-hydrogen) atoms. The van der Waals surface area contributed by atoms with Gasteiger partial charge in [-0.1, -0.05) is 23.7 Å². The Bertz CT molecular complexity index is 185. The molecule has 0 amide bonds. The molecule has 1 aromatic carbocycles. The van der Waals surface area contributed by atoms with E-state index < -0.39 is 0 Å². The second-order valence-electron chi connectivity index (χ2n) is 1.62. The van der Waals surface area contributed by atoms with Gasteiger partial charge in [-0.2, -0.15) is 0 Å². The van der Waals surface area contributed by atoms with E-state index in [1.165, 1.54) is 0 Å². The van der Waals surface area contributed by atoms with E-state index in [4.69, 9.17) is 16.4 Å². The average molecular weight is 157 g/mol. The van der Waals surface area contributed by atoms with Crippen LogP contribution in [0, 0.1) is 0 Å². The summed E-state index contributed by atoms with van der Waals surface area (Å²) in [5.74, 6) is 0. The molecule has 1 rings (SSSR count). The van der Waals surface area contributed by atoms with E-state index in [-0.39, 0.29) is 9.76 Å². The Hall–Kier alpha value is -0.313. The molecule has 46 valence electrons. The highest BCUT2D eigenvalue weighted by Crippen LogP contribution is 2.02. The van der Waals surface area contributed by atoms with E-state index in [1.807, 2.05) is 0 Å².